The van der Waals surface area contributed by atoms with Crippen LogP contribution in [0.4, 0.5) is 0 Å². The molecule has 0 aromatic heterocycles. The molecular formula is C11H16N2O3S. The molecule has 1 N–H and O–H groups in total. The first-order valence-corrected chi connectivity index (χ1v) is 6.99. The smallest absolute Gasteiger partial charge is 0.246 e. The second-order valence-electron chi connectivity index (χ2n) is 4.48. The van der Waals surface area contributed by atoms with Gasteiger partial charge in [0.25, 0.3) is 0 Å². The van der Waals surface area contributed by atoms with Crippen LogP contribution in [0.5, 0.6) is 0 Å². The van der Waals surface area contributed by atoms with Gasteiger partial charge in [-0.15, -0.1) is 0 Å². The van der Waals surface area contributed by atoms with E-state index in [0.29, 0.717) is 12.3 Å². The summed E-state index contributed by atoms with van der Waals surface area (Å²) in [6, 6.07) is 0. The highest BCUT2D eigenvalue weighted by atomic mass is 32.2. The van der Waals surface area contributed by atoms with Gasteiger partial charge < -0.3 is 4.90 Å². The van der Waals surface area contributed by atoms with Crippen molar-refractivity contribution in [2.75, 3.05) is 24.6 Å². The fourth-order valence-corrected chi connectivity index (χ4v) is 3.34. The molecule has 0 saturated carbocycles. The lowest BCUT2D eigenvalue weighted by molar-refractivity contribution is -0.145. The van der Waals surface area contributed by atoms with Crippen LogP contribution in [0.3, 0.4) is 0 Å². The van der Waals surface area contributed by atoms with Crippen LogP contribution in [-0.2, 0) is 14.4 Å². The molecule has 0 aromatic rings. The predicted octanol–water partition coefficient (Wildman–Crippen LogP) is 0.00470. The van der Waals surface area contributed by atoms with Crippen molar-refractivity contribution >= 4 is 29.5 Å². The van der Waals surface area contributed by atoms with Crippen molar-refractivity contribution in [2.45, 2.75) is 19.3 Å². The topological polar surface area (TPSA) is 66.5 Å². The fourth-order valence-electron chi connectivity index (χ4n) is 2.14. The molecule has 0 unspecified atom stereocenters. The predicted molar refractivity (Wildman–Crippen MR) is 64.4 cm³/mol. The standard InChI is InChI=1S/C11H16N2O3S/c14-9-6-13(7-10(15)12-9)11(16)5-8-1-3-17-4-2-8/h8H,1-7H2,(H,12,14,15). The third-order valence-corrected chi connectivity index (χ3v) is 4.15. The maximum absolute atomic E-state index is 11.9. The molecule has 2 fully saturated rings. The summed E-state index contributed by atoms with van der Waals surface area (Å²) in [5.41, 5.74) is 0. The Labute approximate surface area is 104 Å². The Morgan fingerprint density at radius 3 is 2.41 bits per heavy atom. The van der Waals surface area contributed by atoms with E-state index in [9.17, 15) is 14.4 Å². The maximum Gasteiger partial charge on any atom is 0.246 e. The quantitative estimate of drug-likeness (QED) is 0.707. The van der Waals surface area contributed by atoms with Crippen LogP contribution >= 0.6 is 11.8 Å². The lowest BCUT2D eigenvalue weighted by Gasteiger charge is -2.28. The molecule has 94 valence electrons. The summed E-state index contributed by atoms with van der Waals surface area (Å²) in [6.45, 7) is 0.0398. The number of nitrogens with zero attached hydrogens (tertiary/aromatic N) is 1. The average Bonchev–Trinajstić information content (AvgIpc) is 2.29. The molecule has 0 aromatic carbocycles. The molecule has 0 spiro atoms. The van der Waals surface area contributed by atoms with E-state index in [0.717, 1.165) is 24.3 Å². The van der Waals surface area contributed by atoms with Gasteiger partial charge in [0.15, 0.2) is 0 Å². The van der Waals surface area contributed by atoms with Gasteiger partial charge in [-0.05, 0) is 30.3 Å². The summed E-state index contributed by atoms with van der Waals surface area (Å²) in [5.74, 6) is 1.81. The zero-order chi connectivity index (χ0) is 12.3. The Morgan fingerprint density at radius 1 is 1.24 bits per heavy atom. The minimum atomic E-state index is -0.381. The number of imide groups is 1. The minimum absolute atomic E-state index is 0.0199. The van der Waals surface area contributed by atoms with Gasteiger partial charge in [-0.1, -0.05) is 0 Å². The number of thioether (sulfide) groups is 1. The van der Waals surface area contributed by atoms with Crippen LogP contribution in [0.15, 0.2) is 0 Å². The monoisotopic (exact) mass is 256 g/mol. The fraction of sp³-hybridized carbons (Fsp3) is 0.727. The van der Waals surface area contributed by atoms with Crippen LogP contribution in [0, 0.1) is 5.92 Å². The van der Waals surface area contributed by atoms with Crippen LogP contribution < -0.4 is 5.32 Å². The second kappa shape index (κ2) is 5.53. The van der Waals surface area contributed by atoms with Crippen LogP contribution in [-0.4, -0.2) is 47.2 Å². The summed E-state index contributed by atoms with van der Waals surface area (Å²) in [6.07, 6.45) is 2.59. The van der Waals surface area contributed by atoms with Gasteiger partial charge in [0.2, 0.25) is 17.7 Å². The number of carbonyl (C=O) groups is 3. The molecule has 2 aliphatic heterocycles. The second-order valence-corrected chi connectivity index (χ2v) is 5.71. The van der Waals surface area contributed by atoms with E-state index in [1.54, 1.807) is 0 Å². The number of piperazine rings is 1. The van der Waals surface area contributed by atoms with Gasteiger partial charge in [-0.25, -0.2) is 0 Å². The molecule has 0 atom stereocenters. The van der Waals surface area contributed by atoms with Crippen molar-refractivity contribution in [3.63, 3.8) is 0 Å². The third kappa shape index (κ3) is 3.46. The molecule has 2 aliphatic rings. The summed E-state index contributed by atoms with van der Waals surface area (Å²) < 4.78 is 0. The van der Waals surface area contributed by atoms with Gasteiger partial charge >= 0.3 is 0 Å². The number of amides is 3. The van der Waals surface area contributed by atoms with E-state index in [-0.39, 0.29) is 30.8 Å². The van der Waals surface area contributed by atoms with Gasteiger partial charge in [0.1, 0.15) is 13.1 Å². The van der Waals surface area contributed by atoms with E-state index in [4.69, 9.17) is 0 Å². The van der Waals surface area contributed by atoms with Crippen molar-refractivity contribution in [3.05, 3.63) is 0 Å². The zero-order valence-corrected chi connectivity index (χ0v) is 10.4. The Bertz CT molecular complexity index is 324. The Kier molecular flexibility index (Phi) is 4.04. The number of hydrogen-bond acceptors (Lipinski definition) is 4. The molecule has 0 bridgehead atoms. The Morgan fingerprint density at radius 2 is 1.82 bits per heavy atom. The van der Waals surface area contributed by atoms with Crippen LogP contribution in [0.2, 0.25) is 0 Å². The molecule has 17 heavy (non-hydrogen) atoms. The van der Waals surface area contributed by atoms with E-state index in [1.165, 1.54) is 4.90 Å². The summed E-state index contributed by atoms with van der Waals surface area (Å²) in [4.78, 5) is 35.6. The minimum Gasteiger partial charge on any atom is -0.324 e. The molecule has 6 heteroatoms. The lowest BCUT2D eigenvalue weighted by atomic mass is 9.98. The molecular weight excluding hydrogens is 240 g/mol. The molecule has 2 rings (SSSR count). The zero-order valence-electron chi connectivity index (χ0n) is 9.61. The maximum atomic E-state index is 11.9. The average molecular weight is 256 g/mol. The SMILES string of the molecule is O=C1CN(C(=O)CC2CCSCC2)CC(=O)N1. The third-order valence-electron chi connectivity index (χ3n) is 3.10. The Balaban J connectivity index is 1.86. The summed E-state index contributed by atoms with van der Waals surface area (Å²) in [5, 5.41) is 2.19. The first-order chi connectivity index (χ1) is 8.15. The summed E-state index contributed by atoms with van der Waals surface area (Å²) >= 11 is 1.92. The van der Waals surface area contributed by atoms with Crippen molar-refractivity contribution in [2.24, 2.45) is 5.92 Å². The van der Waals surface area contributed by atoms with Crippen molar-refractivity contribution in [1.29, 1.82) is 0 Å². The lowest BCUT2D eigenvalue weighted by Crippen LogP contribution is -2.53. The molecule has 0 aliphatic carbocycles. The Hall–Kier alpha value is -1.04. The molecule has 0 radical (unpaired) electrons. The normalized spacial score (nSPS) is 22.5. The summed E-state index contributed by atoms with van der Waals surface area (Å²) in [7, 11) is 0. The van der Waals surface area contributed by atoms with Crippen LogP contribution in [0.1, 0.15) is 19.3 Å². The van der Waals surface area contributed by atoms with Crippen molar-refractivity contribution < 1.29 is 14.4 Å². The van der Waals surface area contributed by atoms with Crippen molar-refractivity contribution in [3.8, 4) is 0 Å². The van der Waals surface area contributed by atoms with Gasteiger partial charge in [0.05, 0.1) is 0 Å². The largest absolute Gasteiger partial charge is 0.324 e. The van der Waals surface area contributed by atoms with Gasteiger partial charge in [-0.3, -0.25) is 19.7 Å². The van der Waals surface area contributed by atoms with E-state index < -0.39 is 0 Å². The highest BCUT2D eigenvalue weighted by molar-refractivity contribution is 7.99. The van der Waals surface area contributed by atoms with E-state index >= 15 is 0 Å². The van der Waals surface area contributed by atoms with E-state index in [2.05, 4.69) is 5.32 Å². The molecule has 3 amide bonds. The first kappa shape index (κ1) is 12.4. The van der Waals surface area contributed by atoms with E-state index in [1.807, 2.05) is 11.8 Å². The van der Waals surface area contributed by atoms with Gasteiger partial charge in [0, 0.05) is 6.42 Å². The number of carbonyl (C=O) groups excluding carboxylic acids is 3. The molecule has 2 heterocycles. The number of nitrogens with one attached hydrogen (secondary N) is 1. The number of hydrogen-bond donors (Lipinski definition) is 1. The van der Waals surface area contributed by atoms with Crippen LogP contribution in [0.25, 0.3) is 0 Å². The molecule has 2 saturated heterocycles. The van der Waals surface area contributed by atoms with Gasteiger partial charge in [-0.2, -0.15) is 11.8 Å². The number of rotatable bonds is 2. The first-order valence-electron chi connectivity index (χ1n) is 5.83. The highest BCUT2D eigenvalue weighted by Crippen LogP contribution is 2.25. The molecule has 5 nitrogen and oxygen atoms in total. The van der Waals surface area contributed by atoms with Crippen molar-refractivity contribution in [1.82, 2.24) is 10.2 Å². The highest BCUT2D eigenvalue weighted by Gasteiger charge is 2.28.